The van der Waals surface area contributed by atoms with Gasteiger partial charge in [-0.2, -0.15) is 0 Å². The van der Waals surface area contributed by atoms with Gasteiger partial charge in [-0.25, -0.2) is 9.18 Å². The molecule has 0 aliphatic heterocycles. The molecule has 0 saturated heterocycles. The predicted molar refractivity (Wildman–Crippen MR) is 116 cm³/mol. The number of nitrogens with zero attached hydrogens (tertiary/aromatic N) is 1. The van der Waals surface area contributed by atoms with E-state index in [9.17, 15) is 24.1 Å². The number of carbonyl (C=O) groups is 2. The van der Waals surface area contributed by atoms with Crippen LogP contribution in [0.4, 0.5) is 15.8 Å². The molecule has 1 N–H and O–H groups in total. The molecule has 10 heteroatoms. The molecule has 3 aromatic rings. The SMILES string of the molecule is COc1cc(C(=O)O[C@H](C(=O)Nc2ccc(F)cc2)c2ccccc2)c([N+](=O)[O-])cc1OC. The molecule has 0 heterocycles. The van der Waals surface area contributed by atoms with Crippen LogP contribution in [0.15, 0.2) is 66.7 Å². The van der Waals surface area contributed by atoms with Gasteiger partial charge in [-0.1, -0.05) is 30.3 Å². The average molecular weight is 454 g/mol. The Morgan fingerprint density at radius 2 is 1.58 bits per heavy atom. The molecule has 0 radical (unpaired) electrons. The summed E-state index contributed by atoms with van der Waals surface area (Å²) in [5, 5.41) is 14.1. The number of benzene rings is 3. The van der Waals surface area contributed by atoms with Gasteiger partial charge in [-0.05, 0) is 24.3 Å². The summed E-state index contributed by atoms with van der Waals surface area (Å²) >= 11 is 0. The molecule has 0 aliphatic carbocycles. The lowest BCUT2D eigenvalue weighted by molar-refractivity contribution is -0.385. The van der Waals surface area contributed by atoms with Gasteiger partial charge >= 0.3 is 5.97 Å². The molecule has 1 atom stereocenters. The number of methoxy groups -OCH3 is 2. The standard InChI is InChI=1S/C23H19FN2O7/c1-31-19-12-17(18(26(29)30)13-20(19)32-2)23(28)33-21(14-6-4-3-5-7-14)22(27)25-16-10-8-15(24)9-11-16/h3-13,21H,1-2H3,(H,25,27)/t21-/m0/s1. The van der Waals surface area contributed by atoms with E-state index in [0.29, 0.717) is 5.56 Å². The molecular formula is C23H19FN2O7. The Balaban J connectivity index is 1.96. The van der Waals surface area contributed by atoms with Crippen LogP contribution in [-0.4, -0.2) is 31.0 Å². The third-order valence-corrected chi connectivity index (χ3v) is 4.60. The van der Waals surface area contributed by atoms with Crippen molar-refractivity contribution in [3.63, 3.8) is 0 Å². The maximum atomic E-state index is 13.2. The van der Waals surface area contributed by atoms with Crippen molar-refractivity contribution in [3.05, 3.63) is 93.8 Å². The molecule has 170 valence electrons. The van der Waals surface area contributed by atoms with E-state index in [1.54, 1.807) is 30.3 Å². The van der Waals surface area contributed by atoms with E-state index in [4.69, 9.17) is 14.2 Å². The number of nitro benzene ring substituents is 1. The zero-order chi connectivity index (χ0) is 24.0. The van der Waals surface area contributed by atoms with Crippen LogP contribution in [-0.2, 0) is 9.53 Å². The molecule has 0 aromatic heterocycles. The van der Waals surface area contributed by atoms with Crippen molar-refractivity contribution < 1.29 is 33.1 Å². The van der Waals surface area contributed by atoms with Crippen LogP contribution < -0.4 is 14.8 Å². The highest BCUT2D eigenvalue weighted by Gasteiger charge is 2.31. The normalized spacial score (nSPS) is 11.2. The van der Waals surface area contributed by atoms with Gasteiger partial charge in [0.15, 0.2) is 11.5 Å². The smallest absolute Gasteiger partial charge is 0.346 e. The minimum atomic E-state index is -1.45. The second-order valence-corrected chi connectivity index (χ2v) is 6.67. The van der Waals surface area contributed by atoms with Crippen LogP contribution in [0.2, 0.25) is 0 Å². The van der Waals surface area contributed by atoms with Gasteiger partial charge in [-0.15, -0.1) is 0 Å². The van der Waals surface area contributed by atoms with Crippen LogP contribution in [0, 0.1) is 15.9 Å². The van der Waals surface area contributed by atoms with E-state index in [1.165, 1.54) is 26.4 Å². The Kier molecular flexibility index (Phi) is 7.19. The highest BCUT2D eigenvalue weighted by Crippen LogP contribution is 2.35. The Bertz CT molecular complexity index is 1170. The molecule has 0 saturated carbocycles. The topological polar surface area (TPSA) is 117 Å². The summed E-state index contributed by atoms with van der Waals surface area (Å²) in [5.74, 6) is -2.22. The zero-order valence-electron chi connectivity index (χ0n) is 17.6. The summed E-state index contributed by atoms with van der Waals surface area (Å²) in [6.45, 7) is 0. The summed E-state index contributed by atoms with van der Waals surface area (Å²) in [4.78, 5) is 36.7. The largest absolute Gasteiger partial charge is 0.493 e. The Morgan fingerprint density at radius 3 is 2.15 bits per heavy atom. The summed E-state index contributed by atoms with van der Waals surface area (Å²) in [6, 6.07) is 15.3. The van der Waals surface area contributed by atoms with Gasteiger partial charge in [0.25, 0.3) is 11.6 Å². The Hall–Kier alpha value is -4.47. The summed E-state index contributed by atoms with van der Waals surface area (Å²) < 4.78 is 28.8. The third kappa shape index (κ3) is 5.42. The monoisotopic (exact) mass is 454 g/mol. The minimum Gasteiger partial charge on any atom is -0.493 e. The third-order valence-electron chi connectivity index (χ3n) is 4.60. The number of esters is 1. The number of rotatable bonds is 8. The Labute approximate surface area is 187 Å². The molecule has 0 fully saturated rings. The first-order valence-electron chi connectivity index (χ1n) is 9.56. The number of hydrogen-bond acceptors (Lipinski definition) is 7. The Morgan fingerprint density at radius 1 is 0.970 bits per heavy atom. The number of halogens is 1. The molecule has 0 aliphatic rings. The van der Waals surface area contributed by atoms with Crippen molar-refractivity contribution in [1.29, 1.82) is 0 Å². The molecule has 0 spiro atoms. The number of anilines is 1. The highest BCUT2D eigenvalue weighted by molar-refractivity contribution is 6.00. The summed E-state index contributed by atoms with van der Waals surface area (Å²) in [6.07, 6.45) is -1.45. The van der Waals surface area contributed by atoms with Crippen LogP contribution in [0.25, 0.3) is 0 Å². The van der Waals surface area contributed by atoms with Crippen LogP contribution >= 0.6 is 0 Å². The van der Waals surface area contributed by atoms with Crippen molar-refractivity contribution in [1.82, 2.24) is 0 Å². The fraction of sp³-hybridized carbons (Fsp3) is 0.130. The molecule has 33 heavy (non-hydrogen) atoms. The minimum absolute atomic E-state index is 0.0504. The quantitative estimate of drug-likeness (QED) is 0.307. The van der Waals surface area contributed by atoms with Crippen LogP contribution in [0.5, 0.6) is 11.5 Å². The molecule has 3 rings (SSSR count). The lowest BCUT2D eigenvalue weighted by atomic mass is 10.1. The number of nitro groups is 1. The van der Waals surface area contributed by atoms with E-state index in [0.717, 1.165) is 24.3 Å². The first-order chi connectivity index (χ1) is 15.8. The van der Waals surface area contributed by atoms with Crippen molar-refractivity contribution in [2.45, 2.75) is 6.10 Å². The lowest BCUT2D eigenvalue weighted by Gasteiger charge is -2.18. The molecular weight excluding hydrogens is 435 g/mol. The number of amides is 1. The van der Waals surface area contributed by atoms with Gasteiger partial charge in [-0.3, -0.25) is 14.9 Å². The van der Waals surface area contributed by atoms with Crippen molar-refractivity contribution in [3.8, 4) is 11.5 Å². The van der Waals surface area contributed by atoms with Gasteiger partial charge in [0.2, 0.25) is 6.10 Å². The predicted octanol–water partition coefficient (Wildman–Crippen LogP) is 4.29. The highest BCUT2D eigenvalue weighted by atomic mass is 19.1. The lowest BCUT2D eigenvalue weighted by Crippen LogP contribution is -2.26. The summed E-state index contributed by atoms with van der Waals surface area (Å²) in [7, 11) is 2.60. The van der Waals surface area contributed by atoms with E-state index in [1.807, 2.05) is 0 Å². The second-order valence-electron chi connectivity index (χ2n) is 6.67. The maximum Gasteiger partial charge on any atom is 0.346 e. The molecule has 0 unspecified atom stereocenters. The van der Waals surface area contributed by atoms with Gasteiger partial charge in [0.05, 0.1) is 25.2 Å². The second kappa shape index (κ2) is 10.2. The molecule has 1 amide bonds. The number of hydrogen-bond donors (Lipinski definition) is 1. The van der Waals surface area contributed by atoms with Gasteiger partial charge in [0.1, 0.15) is 11.4 Å². The average Bonchev–Trinajstić information content (AvgIpc) is 2.83. The first-order valence-corrected chi connectivity index (χ1v) is 9.56. The van der Waals surface area contributed by atoms with Crippen molar-refractivity contribution in [2.75, 3.05) is 19.5 Å². The molecule has 3 aromatic carbocycles. The number of nitrogens with one attached hydrogen (secondary N) is 1. The van der Waals surface area contributed by atoms with E-state index in [-0.39, 0.29) is 17.2 Å². The zero-order valence-corrected chi connectivity index (χ0v) is 17.6. The van der Waals surface area contributed by atoms with Crippen LogP contribution in [0.1, 0.15) is 22.0 Å². The summed E-state index contributed by atoms with van der Waals surface area (Å²) in [5.41, 5.74) is -0.402. The van der Waals surface area contributed by atoms with E-state index >= 15 is 0 Å². The van der Waals surface area contributed by atoms with Crippen LogP contribution in [0.3, 0.4) is 0 Å². The fourth-order valence-electron chi connectivity index (χ4n) is 3.00. The maximum absolute atomic E-state index is 13.2. The number of carbonyl (C=O) groups excluding carboxylic acids is 2. The van der Waals surface area contributed by atoms with Crippen molar-refractivity contribution in [2.24, 2.45) is 0 Å². The van der Waals surface area contributed by atoms with Gasteiger partial charge in [0, 0.05) is 17.3 Å². The van der Waals surface area contributed by atoms with Crippen molar-refractivity contribution >= 4 is 23.3 Å². The fourth-order valence-corrected chi connectivity index (χ4v) is 3.00. The number of ether oxygens (including phenoxy) is 3. The van der Waals surface area contributed by atoms with Gasteiger partial charge < -0.3 is 19.5 Å². The van der Waals surface area contributed by atoms with E-state index in [2.05, 4.69) is 5.32 Å². The molecule has 9 nitrogen and oxygen atoms in total. The van der Waals surface area contributed by atoms with E-state index < -0.39 is 40.0 Å². The first kappa shape index (κ1) is 23.2. The molecule has 0 bridgehead atoms.